The third-order valence-corrected chi connectivity index (χ3v) is 5.20. The van der Waals surface area contributed by atoms with Gasteiger partial charge in [-0.25, -0.2) is 4.98 Å². The zero-order chi connectivity index (χ0) is 19.9. The van der Waals surface area contributed by atoms with Gasteiger partial charge >= 0.3 is 0 Å². The molecule has 0 unspecified atom stereocenters. The second kappa shape index (κ2) is 9.28. The lowest BCUT2D eigenvalue weighted by atomic mass is 10.1. The monoisotopic (exact) mass is 400 g/mol. The number of hydrogen-bond acceptors (Lipinski definition) is 4. The van der Waals surface area contributed by atoms with Crippen molar-refractivity contribution in [3.05, 3.63) is 95.9 Å². The maximum atomic E-state index is 12.2. The molecule has 0 fully saturated rings. The largest absolute Gasteiger partial charge is 0.367 e. The lowest BCUT2D eigenvalue weighted by Gasteiger charge is -2.07. The molecule has 0 aliphatic rings. The molecule has 0 atom stereocenters. The molecule has 144 valence electrons. The van der Waals surface area contributed by atoms with E-state index >= 15 is 0 Å². The van der Waals surface area contributed by atoms with Crippen molar-refractivity contribution in [3.63, 3.8) is 0 Å². The van der Waals surface area contributed by atoms with Crippen molar-refractivity contribution in [2.24, 2.45) is 0 Å². The highest BCUT2D eigenvalue weighted by molar-refractivity contribution is 7.13. The number of ether oxygens (including phenoxy) is 1. The number of carbonyl (C=O) groups is 1. The van der Waals surface area contributed by atoms with Gasteiger partial charge in [-0.15, -0.1) is 11.3 Å². The van der Waals surface area contributed by atoms with E-state index in [1.807, 2.05) is 78.2 Å². The van der Waals surface area contributed by atoms with Crippen LogP contribution in [0.2, 0.25) is 0 Å². The normalized spacial score (nSPS) is 10.6. The summed E-state index contributed by atoms with van der Waals surface area (Å²) in [4.78, 5) is 16.9. The molecule has 5 heteroatoms. The Morgan fingerprint density at radius 2 is 1.62 bits per heavy atom. The Morgan fingerprint density at radius 3 is 2.41 bits per heavy atom. The first-order valence-corrected chi connectivity index (χ1v) is 10.2. The minimum atomic E-state index is -0.179. The Hall–Kier alpha value is -3.28. The SMILES string of the molecule is O=C(COCc1ccccc1)Nc1cccc(-c2csc(-c3ccccc3)n2)c1. The van der Waals surface area contributed by atoms with Gasteiger partial charge in [0, 0.05) is 22.2 Å². The van der Waals surface area contributed by atoms with Crippen LogP contribution in [0.5, 0.6) is 0 Å². The summed E-state index contributed by atoms with van der Waals surface area (Å²) in [6.07, 6.45) is 0. The van der Waals surface area contributed by atoms with Crippen LogP contribution in [-0.2, 0) is 16.1 Å². The highest BCUT2D eigenvalue weighted by Crippen LogP contribution is 2.29. The summed E-state index contributed by atoms with van der Waals surface area (Å²) >= 11 is 1.61. The fraction of sp³-hybridized carbons (Fsp3) is 0.0833. The third kappa shape index (κ3) is 5.16. The van der Waals surface area contributed by atoms with Crippen LogP contribution in [0, 0.1) is 0 Å². The first-order chi connectivity index (χ1) is 14.3. The Balaban J connectivity index is 1.37. The zero-order valence-electron chi connectivity index (χ0n) is 15.7. The Morgan fingerprint density at radius 1 is 0.897 bits per heavy atom. The van der Waals surface area contributed by atoms with Crippen LogP contribution < -0.4 is 5.32 Å². The van der Waals surface area contributed by atoms with Crippen LogP contribution in [-0.4, -0.2) is 17.5 Å². The van der Waals surface area contributed by atoms with Crippen LogP contribution in [0.25, 0.3) is 21.8 Å². The minimum Gasteiger partial charge on any atom is -0.367 e. The molecule has 0 spiro atoms. The highest BCUT2D eigenvalue weighted by atomic mass is 32.1. The molecular weight excluding hydrogens is 380 g/mol. The number of thiazole rings is 1. The van der Waals surface area contributed by atoms with Gasteiger partial charge < -0.3 is 10.1 Å². The average molecular weight is 401 g/mol. The molecule has 4 rings (SSSR count). The van der Waals surface area contributed by atoms with E-state index in [1.165, 1.54) is 0 Å². The second-order valence-corrected chi connectivity index (χ2v) is 7.37. The maximum absolute atomic E-state index is 12.2. The van der Waals surface area contributed by atoms with E-state index in [9.17, 15) is 4.79 Å². The first-order valence-electron chi connectivity index (χ1n) is 9.31. The summed E-state index contributed by atoms with van der Waals surface area (Å²) in [6.45, 7) is 0.420. The van der Waals surface area contributed by atoms with Gasteiger partial charge in [0.05, 0.1) is 12.3 Å². The number of nitrogens with one attached hydrogen (secondary N) is 1. The first kappa shape index (κ1) is 19.1. The van der Waals surface area contributed by atoms with E-state index in [1.54, 1.807) is 11.3 Å². The maximum Gasteiger partial charge on any atom is 0.250 e. The number of aromatic nitrogens is 1. The molecule has 3 aromatic carbocycles. The van der Waals surface area contributed by atoms with E-state index in [4.69, 9.17) is 9.72 Å². The summed E-state index contributed by atoms with van der Waals surface area (Å²) in [5, 5.41) is 5.90. The van der Waals surface area contributed by atoms with Crippen LogP contribution >= 0.6 is 11.3 Å². The summed E-state index contributed by atoms with van der Waals surface area (Å²) < 4.78 is 5.50. The van der Waals surface area contributed by atoms with Crippen molar-refractivity contribution in [1.29, 1.82) is 0 Å². The van der Waals surface area contributed by atoms with Gasteiger partial charge in [0.25, 0.3) is 0 Å². The van der Waals surface area contributed by atoms with Gasteiger partial charge in [0.15, 0.2) is 0 Å². The Kier molecular flexibility index (Phi) is 6.10. The molecule has 1 aromatic heterocycles. The van der Waals surface area contributed by atoms with Gasteiger partial charge in [-0.2, -0.15) is 0 Å². The van der Waals surface area contributed by atoms with Crippen molar-refractivity contribution in [3.8, 4) is 21.8 Å². The van der Waals surface area contributed by atoms with Gasteiger partial charge in [-0.1, -0.05) is 72.8 Å². The van der Waals surface area contributed by atoms with E-state index in [0.717, 1.165) is 33.1 Å². The summed E-state index contributed by atoms with van der Waals surface area (Å²) in [6, 6.07) is 27.6. The third-order valence-electron chi connectivity index (χ3n) is 4.31. The number of amides is 1. The second-order valence-electron chi connectivity index (χ2n) is 6.51. The molecule has 4 aromatic rings. The molecular formula is C24H20N2O2S. The molecule has 0 bridgehead atoms. The van der Waals surface area contributed by atoms with E-state index in [-0.39, 0.29) is 12.5 Å². The molecule has 0 aliphatic carbocycles. The Bertz CT molecular complexity index is 1080. The zero-order valence-corrected chi connectivity index (χ0v) is 16.6. The predicted octanol–water partition coefficient (Wildman–Crippen LogP) is 5.63. The van der Waals surface area contributed by atoms with Crippen LogP contribution in [0.15, 0.2) is 90.3 Å². The minimum absolute atomic E-state index is 0.00791. The molecule has 1 amide bonds. The van der Waals surface area contributed by atoms with Crippen molar-refractivity contribution in [2.45, 2.75) is 6.61 Å². The smallest absolute Gasteiger partial charge is 0.250 e. The number of rotatable bonds is 7. The van der Waals surface area contributed by atoms with Crippen molar-refractivity contribution < 1.29 is 9.53 Å². The fourth-order valence-electron chi connectivity index (χ4n) is 2.91. The summed E-state index contributed by atoms with van der Waals surface area (Å²) in [7, 11) is 0. The average Bonchev–Trinajstić information content (AvgIpc) is 3.26. The fourth-order valence-corrected chi connectivity index (χ4v) is 3.74. The van der Waals surface area contributed by atoms with E-state index in [2.05, 4.69) is 17.4 Å². The Labute approximate surface area is 173 Å². The molecule has 0 aliphatic heterocycles. The molecule has 0 saturated heterocycles. The topological polar surface area (TPSA) is 51.2 Å². The predicted molar refractivity (Wildman–Crippen MR) is 118 cm³/mol. The van der Waals surface area contributed by atoms with Gasteiger partial charge in [-0.3, -0.25) is 4.79 Å². The molecule has 0 saturated carbocycles. The highest BCUT2D eigenvalue weighted by Gasteiger charge is 2.08. The van der Waals surface area contributed by atoms with E-state index < -0.39 is 0 Å². The standard InChI is InChI=1S/C24H20N2O2S/c27-23(16-28-15-18-8-3-1-4-9-18)25-21-13-7-12-20(14-21)22-17-29-24(26-22)19-10-5-2-6-11-19/h1-14,17H,15-16H2,(H,25,27). The van der Waals surface area contributed by atoms with Crippen LogP contribution in [0.3, 0.4) is 0 Å². The van der Waals surface area contributed by atoms with Crippen LogP contribution in [0.1, 0.15) is 5.56 Å². The lowest BCUT2D eigenvalue weighted by molar-refractivity contribution is -0.121. The van der Waals surface area contributed by atoms with Gasteiger partial charge in [-0.05, 0) is 17.7 Å². The molecule has 4 nitrogen and oxygen atoms in total. The van der Waals surface area contributed by atoms with Crippen molar-refractivity contribution in [2.75, 3.05) is 11.9 Å². The number of hydrogen-bond donors (Lipinski definition) is 1. The molecule has 29 heavy (non-hydrogen) atoms. The summed E-state index contributed by atoms with van der Waals surface area (Å²) in [5.74, 6) is -0.179. The number of nitrogens with zero attached hydrogens (tertiary/aromatic N) is 1. The molecule has 1 N–H and O–H groups in total. The van der Waals surface area contributed by atoms with Crippen LogP contribution in [0.4, 0.5) is 5.69 Å². The number of anilines is 1. The summed E-state index contributed by atoms with van der Waals surface area (Å²) in [5.41, 5.74) is 4.73. The van der Waals surface area contributed by atoms with Crippen molar-refractivity contribution >= 4 is 22.9 Å². The van der Waals surface area contributed by atoms with Gasteiger partial charge in [0.2, 0.25) is 5.91 Å². The van der Waals surface area contributed by atoms with E-state index in [0.29, 0.717) is 6.61 Å². The lowest BCUT2D eigenvalue weighted by Crippen LogP contribution is -2.18. The van der Waals surface area contributed by atoms with Gasteiger partial charge in [0.1, 0.15) is 11.6 Å². The number of carbonyl (C=O) groups excluding carboxylic acids is 1. The number of benzene rings is 3. The quantitative estimate of drug-likeness (QED) is 0.437. The molecule has 0 radical (unpaired) electrons. The molecule has 1 heterocycles. The van der Waals surface area contributed by atoms with Crippen molar-refractivity contribution in [1.82, 2.24) is 4.98 Å².